The summed E-state index contributed by atoms with van der Waals surface area (Å²) in [4.78, 5) is 10.2. The van der Waals surface area contributed by atoms with Gasteiger partial charge in [0.2, 0.25) is 5.78 Å². The summed E-state index contributed by atoms with van der Waals surface area (Å²) in [6, 6.07) is 0. The summed E-state index contributed by atoms with van der Waals surface area (Å²) < 4.78 is 27.7. The van der Waals surface area contributed by atoms with Gasteiger partial charge in [-0.15, -0.1) is 0 Å². The van der Waals surface area contributed by atoms with Crippen LogP contribution in [0.3, 0.4) is 0 Å². The Labute approximate surface area is 61.4 Å². The number of hydrogen-bond acceptors (Lipinski definition) is 2. The van der Waals surface area contributed by atoms with Gasteiger partial charge in [-0.3, -0.25) is 4.79 Å². The lowest BCUT2D eigenvalue weighted by molar-refractivity contribution is -0.128. The third kappa shape index (κ3) is 3.40. The minimum atomic E-state index is -3.82. The van der Waals surface area contributed by atoms with Crippen molar-refractivity contribution in [2.45, 2.75) is 5.38 Å². The molecule has 0 aliphatic carbocycles. The fourth-order valence-electron chi connectivity index (χ4n) is 0.224. The summed E-state index contributed by atoms with van der Waals surface area (Å²) in [5.41, 5.74) is 0. The second kappa shape index (κ2) is 3.51. The lowest BCUT2D eigenvalue weighted by Gasteiger charge is -1.99. The molecule has 0 unspecified atom stereocenters. The van der Waals surface area contributed by atoms with E-state index < -0.39 is 11.2 Å². The molecule has 58 valence electrons. The first-order chi connectivity index (χ1) is 4.48. The maximum atomic E-state index is 11.7. The van der Waals surface area contributed by atoms with E-state index >= 15 is 0 Å². The van der Waals surface area contributed by atoms with Crippen molar-refractivity contribution < 1.29 is 18.3 Å². The smallest absolute Gasteiger partial charge is 0.384 e. The molecule has 0 atom stereocenters. The topological polar surface area (TPSA) is 26.3 Å². The van der Waals surface area contributed by atoms with Crippen LogP contribution in [0.4, 0.5) is 8.78 Å². The summed E-state index contributed by atoms with van der Waals surface area (Å²) in [6.45, 7) is 0. The zero-order valence-corrected chi connectivity index (χ0v) is 5.86. The minimum Gasteiger partial charge on any atom is -0.504 e. The average Bonchev–Trinajstić information content (AvgIpc) is 1.80. The Morgan fingerprint density at radius 2 is 2.20 bits per heavy atom. The number of carbonyl (C=O) groups excluding carboxylic acids is 1. The Morgan fingerprint density at radius 3 is 2.50 bits per heavy atom. The van der Waals surface area contributed by atoms with Crippen LogP contribution in [0.2, 0.25) is 0 Å². The molecular weight excluding hydrogens is 166 g/mol. The molecule has 0 radical (unpaired) electrons. The summed E-state index contributed by atoms with van der Waals surface area (Å²) in [6.07, 6.45) is 1.39. The van der Waals surface area contributed by atoms with Crippen molar-refractivity contribution in [1.29, 1.82) is 0 Å². The Bertz CT molecular complexity index is 150. The first-order valence-corrected chi connectivity index (χ1v) is 2.66. The van der Waals surface area contributed by atoms with Crippen LogP contribution in [0.25, 0.3) is 0 Å². The Kier molecular flexibility index (Phi) is 3.28. The first kappa shape index (κ1) is 9.36. The highest BCUT2D eigenvalue weighted by Crippen LogP contribution is 2.19. The van der Waals surface area contributed by atoms with E-state index in [0.717, 1.165) is 6.26 Å². The molecular formula is C5H5ClF2O2. The van der Waals surface area contributed by atoms with Crippen molar-refractivity contribution in [2.24, 2.45) is 0 Å². The van der Waals surface area contributed by atoms with E-state index in [0.29, 0.717) is 6.08 Å². The number of alkyl halides is 3. The van der Waals surface area contributed by atoms with Gasteiger partial charge in [0.25, 0.3) is 0 Å². The van der Waals surface area contributed by atoms with Crippen LogP contribution in [0, 0.1) is 0 Å². The van der Waals surface area contributed by atoms with Gasteiger partial charge in [-0.2, -0.15) is 8.78 Å². The highest BCUT2D eigenvalue weighted by molar-refractivity contribution is 6.34. The van der Waals surface area contributed by atoms with Gasteiger partial charge in [0.05, 0.1) is 13.4 Å². The van der Waals surface area contributed by atoms with Gasteiger partial charge in [0.1, 0.15) is 0 Å². The number of halogens is 3. The number of hydrogen-bond donors (Lipinski definition) is 0. The van der Waals surface area contributed by atoms with Crippen LogP contribution >= 0.6 is 11.6 Å². The molecule has 5 heteroatoms. The van der Waals surface area contributed by atoms with E-state index in [1.165, 1.54) is 7.11 Å². The second-order valence-electron chi connectivity index (χ2n) is 1.40. The molecule has 0 aromatic rings. The maximum absolute atomic E-state index is 11.7. The van der Waals surface area contributed by atoms with Gasteiger partial charge in [0, 0.05) is 6.08 Å². The molecule has 0 rings (SSSR count). The Morgan fingerprint density at radius 1 is 1.70 bits per heavy atom. The number of rotatable bonds is 3. The molecule has 0 aromatic carbocycles. The Hall–Kier alpha value is -0.640. The van der Waals surface area contributed by atoms with Crippen molar-refractivity contribution in [3.63, 3.8) is 0 Å². The van der Waals surface area contributed by atoms with Gasteiger partial charge in [-0.25, -0.2) is 0 Å². The molecule has 0 heterocycles. The zero-order valence-electron chi connectivity index (χ0n) is 5.11. The largest absolute Gasteiger partial charge is 0.504 e. The first-order valence-electron chi connectivity index (χ1n) is 2.29. The molecule has 0 saturated heterocycles. The van der Waals surface area contributed by atoms with E-state index in [9.17, 15) is 13.6 Å². The lowest BCUT2D eigenvalue weighted by atomic mass is 10.4. The van der Waals surface area contributed by atoms with Crippen LogP contribution < -0.4 is 0 Å². The Balaban J connectivity index is 3.98. The zero-order chi connectivity index (χ0) is 8.20. The van der Waals surface area contributed by atoms with Gasteiger partial charge in [-0.1, -0.05) is 0 Å². The van der Waals surface area contributed by atoms with Gasteiger partial charge in [-0.05, 0) is 11.6 Å². The van der Waals surface area contributed by atoms with E-state index in [2.05, 4.69) is 16.3 Å². The average molecular weight is 171 g/mol. The molecule has 0 spiro atoms. The molecule has 10 heavy (non-hydrogen) atoms. The van der Waals surface area contributed by atoms with E-state index in [1.54, 1.807) is 0 Å². The predicted molar refractivity (Wildman–Crippen MR) is 32.0 cm³/mol. The monoisotopic (exact) mass is 170 g/mol. The molecule has 0 aliphatic rings. The summed E-state index contributed by atoms with van der Waals surface area (Å²) in [5.74, 6) is -1.49. The SMILES string of the molecule is CO/C=C/C(=O)C(F)(F)Cl. The number of ketones is 1. The molecule has 0 aromatic heterocycles. The summed E-state index contributed by atoms with van der Waals surface area (Å²) in [7, 11) is 1.23. The van der Waals surface area contributed by atoms with Crippen LogP contribution in [-0.2, 0) is 9.53 Å². The highest BCUT2D eigenvalue weighted by Gasteiger charge is 2.33. The maximum Gasteiger partial charge on any atom is 0.384 e. The third-order valence-electron chi connectivity index (χ3n) is 0.635. The third-order valence-corrected chi connectivity index (χ3v) is 0.821. The van der Waals surface area contributed by atoms with E-state index in [-0.39, 0.29) is 0 Å². The van der Waals surface area contributed by atoms with Crippen molar-refractivity contribution >= 4 is 17.4 Å². The van der Waals surface area contributed by atoms with E-state index in [4.69, 9.17) is 0 Å². The molecule has 0 saturated carbocycles. The fourth-order valence-corrected chi connectivity index (χ4v) is 0.287. The molecule has 0 amide bonds. The van der Waals surface area contributed by atoms with Crippen LogP contribution in [0.15, 0.2) is 12.3 Å². The summed E-state index contributed by atoms with van der Waals surface area (Å²) >= 11 is 4.33. The van der Waals surface area contributed by atoms with Gasteiger partial charge >= 0.3 is 5.38 Å². The molecule has 2 nitrogen and oxygen atoms in total. The fraction of sp³-hybridized carbons (Fsp3) is 0.400. The second-order valence-corrected chi connectivity index (χ2v) is 1.88. The molecule has 0 N–H and O–H groups in total. The lowest BCUT2D eigenvalue weighted by Crippen LogP contribution is -2.18. The van der Waals surface area contributed by atoms with Gasteiger partial charge < -0.3 is 4.74 Å². The normalized spacial score (nSPS) is 12.0. The molecule has 0 aliphatic heterocycles. The molecule has 0 bridgehead atoms. The minimum absolute atomic E-state index is 0.562. The van der Waals surface area contributed by atoms with Crippen LogP contribution in [0.1, 0.15) is 0 Å². The van der Waals surface area contributed by atoms with Gasteiger partial charge in [0.15, 0.2) is 0 Å². The number of methoxy groups -OCH3 is 1. The standard InChI is InChI=1S/C5H5ClF2O2/c1-10-3-2-4(9)5(6,7)8/h2-3H,1H3/b3-2+. The molecule has 0 fully saturated rings. The quantitative estimate of drug-likeness (QED) is 0.365. The number of carbonyl (C=O) groups is 1. The van der Waals surface area contributed by atoms with Crippen LogP contribution in [-0.4, -0.2) is 18.3 Å². The van der Waals surface area contributed by atoms with Crippen molar-refractivity contribution in [3.8, 4) is 0 Å². The number of allylic oxidation sites excluding steroid dienone is 1. The number of ether oxygens (including phenoxy) is 1. The predicted octanol–water partition coefficient (Wildman–Crippen LogP) is 1.55. The van der Waals surface area contributed by atoms with Crippen LogP contribution in [0.5, 0.6) is 0 Å². The van der Waals surface area contributed by atoms with Crippen molar-refractivity contribution in [1.82, 2.24) is 0 Å². The highest BCUT2D eigenvalue weighted by atomic mass is 35.5. The summed E-state index contributed by atoms with van der Waals surface area (Å²) in [5, 5.41) is -3.82. The van der Waals surface area contributed by atoms with E-state index in [1.807, 2.05) is 0 Å². The van der Waals surface area contributed by atoms with Crippen molar-refractivity contribution in [3.05, 3.63) is 12.3 Å². The van der Waals surface area contributed by atoms with Crippen molar-refractivity contribution in [2.75, 3.05) is 7.11 Å².